The number of alkyl halides is 1. The Kier molecular flexibility index (Phi) is 38.3. The van der Waals surface area contributed by atoms with Crippen LogP contribution in [0.5, 0.6) is 0 Å². The van der Waals surface area contributed by atoms with Crippen molar-refractivity contribution >= 4 is 111 Å². The van der Waals surface area contributed by atoms with Crippen LogP contribution in [0.2, 0.25) is 128 Å². The second-order valence-corrected chi connectivity index (χ2v) is 54.8. The number of hydrogen-bond donors (Lipinski definition) is 7. The highest BCUT2D eigenvalue weighted by molar-refractivity contribution is 6.77. The number of aliphatic imine (C=N–C) groups is 2. The molecular weight excluding hydrogens is 1390 g/mol. The average molecular weight is 1480 g/mol. The van der Waals surface area contributed by atoms with E-state index in [-0.39, 0.29) is 72.5 Å². The first-order valence-electron chi connectivity index (χ1n) is 29.8. The summed E-state index contributed by atoms with van der Waals surface area (Å²) >= 11 is 5.32. The van der Waals surface area contributed by atoms with E-state index in [0.717, 1.165) is 66.3 Å². The van der Waals surface area contributed by atoms with Gasteiger partial charge in [-0.3, -0.25) is 19.2 Å². The largest absolute Gasteiger partial charge is 0.468 e. The summed E-state index contributed by atoms with van der Waals surface area (Å²) in [4.78, 5) is 121. The number of halogens is 1. The lowest BCUT2D eigenvalue weighted by atomic mass is 10.4. The first-order valence-corrected chi connectivity index (χ1v) is 48.9. The fraction of sp³-hybridized carbons (Fsp3) is 0.596. The van der Waals surface area contributed by atoms with Crippen molar-refractivity contribution in [3.8, 4) is 0 Å². The fourth-order valence-electron chi connectivity index (χ4n) is 6.36. The quantitative estimate of drug-likeness (QED) is 0.00647. The van der Waals surface area contributed by atoms with E-state index in [1.807, 2.05) is 0 Å². The maximum atomic E-state index is 12.1. The lowest BCUT2D eigenvalue weighted by molar-refractivity contribution is 0.0711. The topological polar surface area (TPSA) is 562 Å². The van der Waals surface area contributed by atoms with Crippen LogP contribution in [0.15, 0.2) is 54.8 Å². The third-order valence-electron chi connectivity index (χ3n) is 12.0. The van der Waals surface area contributed by atoms with Gasteiger partial charge in [-0.2, -0.15) is 19.0 Å². The van der Waals surface area contributed by atoms with Crippen LogP contribution in [0.4, 0.5) is 5.82 Å². The summed E-state index contributed by atoms with van der Waals surface area (Å²) in [7, 11) is -5.18. The SMILES string of the molecule is C[Si](C)(C)CCOCCl.C[Si](C)(C)CCOCN=C=O.C[Si](C)(C)CCOCN=C=[OH+].C[Si](C)(C)CCOCn1nnc2c(C(N)=O)ncn2c1=O.C[Si](C)(C)CCOCn1nnc2c(C(N)=O)ncn2c1=O.N=Nc1nc[nH]c1C(N)=O.NC(=O)c1ncn2c(=O)n(CO)nnc12. The molecule has 0 aliphatic heterocycles. The van der Waals surface area contributed by atoms with Gasteiger partial charge < -0.3 is 56.7 Å². The van der Waals surface area contributed by atoms with Crippen molar-refractivity contribution < 1.29 is 57.6 Å². The predicted octanol–water partition coefficient (Wildman–Crippen LogP) is 2.65. The number of isocyanates is 2. The highest BCUT2D eigenvalue weighted by Gasteiger charge is 2.20. The van der Waals surface area contributed by atoms with Gasteiger partial charge in [0.25, 0.3) is 23.6 Å². The van der Waals surface area contributed by atoms with E-state index in [9.17, 15) is 38.4 Å². The van der Waals surface area contributed by atoms with Gasteiger partial charge >= 0.3 is 23.1 Å². The Bertz CT molecular complexity index is 3780. The molecule has 0 aromatic carbocycles. The van der Waals surface area contributed by atoms with Gasteiger partial charge in [-0.15, -0.1) is 25.4 Å². The molecule has 0 radical (unpaired) electrons. The van der Waals surface area contributed by atoms with E-state index in [0.29, 0.717) is 30.6 Å². The van der Waals surface area contributed by atoms with Crippen LogP contribution in [-0.2, 0) is 48.7 Å². The van der Waals surface area contributed by atoms with Crippen molar-refractivity contribution in [2.75, 3.05) is 52.6 Å². The van der Waals surface area contributed by atoms with Crippen LogP contribution in [0.25, 0.3) is 16.9 Å². The number of nitrogens with zero attached hydrogens (tertiary/aromatic N) is 19. The van der Waals surface area contributed by atoms with Gasteiger partial charge in [0.2, 0.25) is 11.9 Å². The molecule has 7 aromatic heterocycles. The summed E-state index contributed by atoms with van der Waals surface area (Å²) in [5.74, 6) is -2.95. The minimum absolute atomic E-state index is 0.0103. The van der Waals surface area contributed by atoms with Crippen LogP contribution in [0.3, 0.4) is 0 Å². The molecule has 4 amide bonds. The molecule has 0 unspecified atom stereocenters. The van der Waals surface area contributed by atoms with E-state index in [1.165, 1.54) is 31.1 Å². The Labute approximate surface area is 572 Å². The number of nitrogens with one attached hydrogen (secondary N) is 2. The molecule has 0 aliphatic rings. The van der Waals surface area contributed by atoms with E-state index >= 15 is 0 Å². The number of aromatic nitrogens is 17. The molecule has 0 atom stereocenters. The van der Waals surface area contributed by atoms with E-state index in [1.54, 1.807) is 6.08 Å². The highest BCUT2D eigenvalue weighted by atomic mass is 35.5. The maximum absolute atomic E-state index is 12.1. The van der Waals surface area contributed by atoms with Gasteiger partial charge in [0.05, 0.1) is 6.33 Å². The number of nitrogens with two attached hydrogens (primary N) is 4. The van der Waals surface area contributed by atoms with Crippen LogP contribution < -0.4 is 40.0 Å². The standard InChI is InChI=1S/2C11H18N6O3Si.2C7H15NO2Si.C6H15ClOSi.C6H6N6O3.C4H5N5O/c2*1-21(2,3)5-4-20-7-17-11(19)16-6-13-8(9(12)18)10(16)14-15-17;2*1-11(2,3)5-4-10-7-8-6-9;1-9(2,3)5-4-8-6-7;7-4(14)3-5-9-10-12(2-13)6(15)11(5)1-8-3;5-3(10)2-4(9-6)8-1-7-2/h2*6H,4-5,7H2,1-3H3,(H2,12,18);2*4-5,7H2,1-3H3;4-6H2,1-3H3;1,13H,2H2,(H2,7,14);1,6H,(H2,5,10)(H,7,8)/p+1. The molecule has 7 aromatic rings. The number of H-pyrrole nitrogens is 1. The smallest absolute Gasteiger partial charge is 0.374 e. The zero-order valence-electron chi connectivity index (χ0n) is 58.0. The average Bonchev–Trinajstić information content (AvgIpc) is 1.66. The summed E-state index contributed by atoms with van der Waals surface area (Å²) in [6, 6.07) is 5.78. The van der Waals surface area contributed by atoms with Crippen molar-refractivity contribution in [1.82, 2.24) is 83.1 Å². The molecule has 98 heavy (non-hydrogen) atoms. The van der Waals surface area contributed by atoms with Gasteiger partial charge in [0, 0.05) is 73.4 Å². The van der Waals surface area contributed by atoms with Crippen LogP contribution in [0.1, 0.15) is 42.0 Å². The summed E-state index contributed by atoms with van der Waals surface area (Å²) in [6.07, 6.45) is 7.86. The normalized spacial score (nSPS) is 11.2. The summed E-state index contributed by atoms with van der Waals surface area (Å²) in [5, 5.41) is 33.6. The number of primary amides is 4. The highest BCUT2D eigenvalue weighted by Crippen LogP contribution is 2.13. The lowest BCUT2D eigenvalue weighted by Gasteiger charge is -2.15. The molecule has 0 aliphatic carbocycles. The minimum Gasteiger partial charge on any atom is -0.374 e. The third-order valence-corrected chi connectivity index (χ3v) is 20.7. The molecule has 12 N–H and O–H groups in total. The number of aliphatic hydroxyl groups is 1. The molecule has 542 valence electrons. The van der Waals surface area contributed by atoms with E-state index < -0.39 is 87.8 Å². The number of imidazole rings is 4. The monoisotopic (exact) mass is 1480 g/mol. The predicted molar refractivity (Wildman–Crippen MR) is 373 cm³/mol. The van der Waals surface area contributed by atoms with E-state index in [4.69, 9.17) is 73.7 Å². The molecule has 0 saturated heterocycles. The molecule has 0 bridgehead atoms. The Morgan fingerprint density at radius 2 is 0.867 bits per heavy atom. The Morgan fingerprint density at radius 3 is 1.15 bits per heavy atom. The van der Waals surface area contributed by atoms with Gasteiger partial charge in [0.1, 0.15) is 52.0 Å². The first-order chi connectivity index (χ1) is 45.7. The molecule has 0 fully saturated rings. The summed E-state index contributed by atoms with van der Waals surface area (Å²) < 4.78 is 32.1. The molecule has 46 heteroatoms. The first kappa shape index (κ1) is 87.4. The lowest BCUT2D eigenvalue weighted by Crippen LogP contribution is -2.31. The minimum atomic E-state index is -1.18. The van der Waals surface area contributed by atoms with E-state index in [2.05, 4.69) is 169 Å². The molecule has 40 nitrogen and oxygen atoms in total. The number of hydrogen-bond acceptors (Lipinski definition) is 28. The number of rotatable bonds is 30. The summed E-state index contributed by atoms with van der Waals surface area (Å²) in [5.41, 5.74) is 24.9. The van der Waals surface area contributed by atoms with Crippen LogP contribution in [0, 0.1) is 5.53 Å². The van der Waals surface area contributed by atoms with Gasteiger partial charge in [-0.25, -0.2) is 62.6 Å². The zero-order valence-corrected chi connectivity index (χ0v) is 63.8. The number of ether oxygens (including phenoxy) is 5. The third kappa shape index (κ3) is 34.6. The summed E-state index contributed by atoms with van der Waals surface area (Å²) in [6.45, 7) is 37.3. The van der Waals surface area contributed by atoms with Gasteiger partial charge in [0.15, 0.2) is 46.4 Å². The molecule has 7 heterocycles. The Hall–Kier alpha value is -8.58. The van der Waals surface area contributed by atoms with Crippen molar-refractivity contribution in [2.24, 2.45) is 38.0 Å². The Balaban J connectivity index is 0.000000587. The van der Waals surface area contributed by atoms with Gasteiger partial charge in [-0.05, 0) is 30.2 Å². The number of amides is 4. The van der Waals surface area contributed by atoms with Crippen LogP contribution in [-0.4, -0.2) is 222 Å². The Morgan fingerprint density at radius 1 is 0.541 bits per heavy atom. The van der Waals surface area contributed by atoms with Crippen molar-refractivity contribution in [2.45, 2.75) is 149 Å². The molecule has 0 saturated carbocycles. The maximum Gasteiger partial charge on any atom is 0.468 e. The number of carbonyl (C=O) groups excluding carboxylic acids is 6. The number of fused-ring (bicyclic) bond motifs is 3. The number of aliphatic hydroxyl groups excluding tert-OH is 1. The van der Waals surface area contributed by atoms with Crippen molar-refractivity contribution in [1.29, 1.82) is 5.53 Å². The van der Waals surface area contributed by atoms with Crippen molar-refractivity contribution in [3.63, 3.8) is 0 Å². The fourth-order valence-corrected chi connectivity index (χ4v) is 10.3. The number of aromatic amines is 1. The molecule has 7 rings (SSSR count). The molecular formula is C52H93ClN25O15Si5+. The van der Waals surface area contributed by atoms with Crippen LogP contribution >= 0.6 is 11.6 Å². The zero-order chi connectivity index (χ0) is 74.6. The van der Waals surface area contributed by atoms with Gasteiger partial charge in [-0.1, -0.05) is 125 Å². The second-order valence-electron chi connectivity index (χ2n) is 26.5. The second kappa shape index (κ2) is 43.0. The van der Waals surface area contributed by atoms with Crippen molar-refractivity contribution in [3.05, 3.63) is 79.5 Å². The number of carbonyl (C=O) groups is 4. The molecule has 0 spiro atoms.